The third kappa shape index (κ3) is 11.7. The predicted molar refractivity (Wildman–Crippen MR) is 59.1 cm³/mol. The normalized spacial score (nSPS) is 9.62. The highest BCUT2D eigenvalue weighted by Gasteiger charge is 1.90. The lowest BCUT2D eigenvalue weighted by molar-refractivity contribution is 0.562. The average Bonchev–Trinajstić information content (AvgIpc) is 2.16. The zero-order valence-corrected chi connectivity index (χ0v) is 9.24. The number of hydrogen-bond acceptors (Lipinski definition) is 3. The summed E-state index contributed by atoms with van der Waals surface area (Å²) in [6, 6.07) is 0. The van der Waals surface area contributed by atoms with Crippen LogP contribution >= 0.6 is 11.8 Å². The van der Waals surface area contributed by atoms with Gasteiger partial charge in [0.05, 0.1) is 6.54 Å². The molecule has 0 aliphatic heterocycles. The molecule has 0 rings (SSSR count). The fraction of sp³-hybridized carbons (Fsp3) is 0.900. The Labute approximate surface area is 85.2 Å². The van der Waals surface area contributed by atoms with Crippen LogP contribution in [-0.4, -0.2) is 24.1 Å². The summed E-state index contributed by atoms with van der Waals surface area (Å²) in [6.07, 6.45) is 7.91. The average molecular weight is 201 g/mol. The molecule has 76 valence electrons. The molecule has 0 unspecified atom stereocenters. The van der Waals surface area contributed by atoms with Gasteiger partial charge in [-0.25, -0.2) is 9.79 Å². The number of thioether (sulfide) groups is 1. The standard InChI is InChI=1S/C10H19NOS/c1-2-3-4-5-8-13-9-6-7-11-10-12/h2-9H2,1H3. The molecule has 0 saturated heterocycles. The van der Waals surface area contributed by atoms with Gasteiger partial charge in [-0.05, 0) is 24.3 Å². The van der Waals surface area contributed by atoms with Crippen molar-refractivity contribution in [1.82, 2.24) is 0 Å². The molecule has 0 amide bonds. The Morgan fingerprint density at radius 1 is 1.15 bits per heavy atom. The highest BCUT2D eigenvalue weighted by molar-refractivity contribution is 7.99. The smallest absolute Gasteiger partial charge is 0.211 e. The summed E-state index contributed by atoms with van der Waals surface area (Å²) in [5.74, 6) is 2.38. The summed E-state index contributed by atoms with van der Waals surface area (Å²) in [6.45, 7) is 2.87. The van der Waals surface area contributed by atoms with Gasteiger partial charge in [-0.1, -0.05) is 26.2 Å². The minimum atomic E-state index is 0.644. The molecule has 0 fully saturated rings. The molecular weight excluding hydrogens is 182 g/mol. The van der Waals surface area contributed by atoms with Crippen molar-refractivity contribution in [3.05, 3.63) is 0 Å². The molecule has 0 aromatic heterocycles. The molecule has 0 spiro atoms. The summed E-state index contributed by atoms with van der Waals surface area (Å²) in [5, 5.41) is 0. The SMILES string of the molecule is CCCCCCSCCCN=C=O. The van der Waals surface area contributed by atoms with E-state index >= 15 is 0 Å². The Balaban J connectivity index is 2.87. The van der Waals surface area contributed by atoms with E-state index < -0.39 is 0 Å². The second-order valence-corrected chi connectivity index (χ2v) is 4.22. The van der Waals surface area contributed by atoms with E-state index in [1.54, 1.807) is 6.08 Å². The van der Waals surface area contributed by atoms with E-state index in [-0.39, 0.29) is 0 Å². The van der Waals surface area contributed by atoms with Crippen LogP contribution in [0.2, 0.25) is 0 Å². The first-order chi connectivity index (χ1) is 6.41. The maximum atomic E-state index is 9.71. The maximum absolute atomic E-state index is 9.71. The monoisotopic (exact) mass is 201 g/mol. The van der Waals surface area contributed by atoms with Crippen molar-refractivity contribution in [2.24, 2.45) is 4.99 Å². The molecule has 3 heteroatoms. The molecule has 0 heterocycles. The Bertz CT molecular complexity index is 144. The Hall–Kier alpha value is -0.270. The number of hydrogen-bond donors (Lipinski definition) is 0. The Kier molecular flexibility index (Phi) is 11.5. The van der Waals surface area contributed by atoms with Crippen molar-refractivity contribution >= 4 is 17.8 Å². The summed E-state index contributed by atoms with van der Waals surface area (Å²) in [7, 11) is 0. The van der Waals surface area contributed by atoms with Crippen LogP contribution < -0.4 is 0 Å². The van der Waals surface area contributed by atoms with E-state index in [0.717, 1.165) is 12.2 Å². The Morgan fingerprint density at radius 3 is 2.62 bits per heavy atom. The first kappa shape index (κ1) is 12.7. The minimum absolute atomic E-state index is 0.644. The third-order valence-corrected chi connectivity index (χ3v) is 2.92. The van der Waals surface area contributed by atoms with Crippen molar-refractivity contribution in [1.29, 1.82) is 0 Å². The van der Waals surface area contributed by atoms with Gasteiger partial charge >= 0.3 is 0 Å². The lowest BCUT2D eigenvalue weighted by atomic mass is 10.2. The van der Waals surface area contributed by atoms with Gasteiger partial charge < -0.3 is 0 Å². The second kappa shape index (κ2) is 11.7. The van der Waals surface area contributed by atoms with Gasteiger partial charge in [-0.15, -0.1) is 0 Å². The molecule has 0 aliphatic rings. The number of nitrogens with zero attached hydrogens (tertiary/aromatic N) is 1. The van der Waals surface area contributed by atoms with Gasteiger partial charge in [0.15, 0.2) is 0 Å². The van der Waals surface area contributed by atoms with Crippen LogP contribution in [0.25, 0.3) is 0 Å². The van der Waals surface area contributed by atoms with E-state index in [4.69, 9.17) is 0 Å². The number of carbonyl (C=O) groups excluding carboxylic acids is 1. The van der Waals surface area contributed by atoms with Gasteiger partial charge in [0.2, 0.25) is 6.08 Å². The van der Waals surface area contributed by atoms with E-state index in [9.17, 15) is 4.79 Å². The molecule has 0 radical (unpaired) electrons. The van der Waals surface area contributed by atoms with Crippen LogP contribution in [0.15, 0.2) is 4.99 Å². The first-order valence-electron chi connectivity index (χ1n) is 5.03. The number of unbranched alkanes of at least 4 members (excludes halogenated alkanes) is 3. The van der Waals surface area contributed by atoms with Crippen molar-refractivity contribution in [3.8, 4) is 0 Å². The number of rotatable bonds is 9. The summed E-state index contributed by atoms with van der Waals surface area (Å²) in [5.41, 5.74) is 0. The molecule has 0 aromatic carbocycles. The lowest BCUT2D eigenvalue weighted by Crippen LogP contribution is -1.87. The topological polar surface area (TPSA) is 29.4 Å². The zero-order valence-electron chi connectivity index (χ0n) is 8.42. The molecular formula is C10H19NOS. The molecule has 0 bridgehead atoms. The van der Waals surface area contributed by atoms with Crippen molar-refractivity contribution in [2.45, 2.75) is 39.0 Å². The maximum Gasteiger partial charge on any atom is 0.234 e. The van der Waals surface area contributed by atoms with E-state index in [1.165, 1.54) is 31.4 Å². The molecule has 0 aromatic rings. The van der Waals surface area contributed by atoms with Crippen molar-refractivity contribution in [3.63, 3.8) is 0 Å². The summed E-state index contributed by atoms with van der Waals surface area (Å²) in [4.78, 5) is 13.2. The first-order valence-corrected chi connectivity index (χ1v) is 6.18. The molecule has 0 atom stereocenters. The highest BCUT2D eigenvalue weighted by Crippen LogP contribution is 2.08. The highest BCUT2D eigenvalue weighted by atomic mass is 32.2. The molecule has 0 saturated carbocycles. The van der Waals surface area contributed by atoms with Gasteiger partial charge in [-0.3, -0.25) is 0 Å². The van der Waals surface area contributed by atoms with Crippen LogP contribution in [-0.2, 0) is 4.79 Å². The van der Waals surface area contributed by atoms with Crippen LogP contribution in [0.3, 0.4) is 0 Å². The molecule has 13 heavy (non-hydrogen) atoms. The van der Waals surface area contributed by atoms with Crippen LogP contribution in [0, 0.1) is 0 Å². The predicted octanol–water partition coefficient (Wildman–Crippen LogP) is 3.03. The summed E-state index contributed by atoms with van der Waals surface area (Å²) >= 11 is 1.96. The second-order valence-electron chi connectivity index (χ2n) is 3.00. The Morgan fingerprint density at radius 2 is 1.92 bits per heavy atom. The third-order valence-electron chi connectivity index (χ3n) is 1.77. The van der Waals surface area contributed by atoms with Crippen molar-refractivity contribution < 1.29 is 4.79 Å². The van der Waals surface area contributed by atoms with E-state index in [1.807, 2.05) is 11.8 Å². The van der Waals surface area contributed by atoms with E-state index in [0.29, 0.717) is 6.54 Å². The quantitative estimate of drug-likeness (QED) is 0.326. The summed E-state index contributed by atoms with van der Waals surface area (Å²) < 4.78 is 0. The minimum Gasteiger partial charge on any atom is -0.211 e. The van der Waals surface area contributed by atoms with Gasteiger partial charge in [0.25, 0.3) is 0 Å². The van der Waals surface area contributed by atoms with Crippen LogP contribution in [0.5, 0.6) is 0 Å². The van der Waals surface area contributed by atoms with Crippen LogP contribution in [0.4, 0.5) is 0 Å². The van der Waals surface area contributed by atoms with Crippen molar-refractivity contribution in [2.75, 3.05) is 18.1 Å². The molecule has 0 aliphatic carbocycles. The fourth-order valence-corrected chi connectivity index (χ4v) is 1.97. The lowest BCUT2D eigenvalue weighted by Gasteiger charge is -1.99. The molecule has 0 N–H and O–H groups in total. The number of aliphatic imine (C=N–C) groups is 1. The largest absolute Gasteiger partial charge is 0.234 e. The zero-order chi connectivity index (χ0) is 9.78. The van der Waals surface area contributed by atoms with Gasteiger partial charge in [-0.2, -0.15) is 11.8 Å². The van der Waals surface area contributed by atoms with E-state index in [2.05, 4.69) is 11.9 Å². The van der Waals surface area contributed by atoms with Gasteiger partial charge in [0, 0.05) is 0 Å². The fourth-order valence-electron chi connectivity index (χ4n) is 1.02. The van der Waals surface area contributed by atoms with Gasteiger partial charge in [0.1, 0.15) is 0 Å². The molecule has 2 nitrogen and oxygen atoms in total. The van der Waals surface area contributed by atoms with Crippen LogP contribution in [0.1, 0.15) is 39.0 Å². The number of isocyanates is 1.